The lowest BCUT2D eigenvalue weighted by Gasteiger charge is -2.24. The molecule has 1 atom stereocenters. The standard InChI is InChI=1S/C19H14BrNOS/c20-16-9-5-4-8-13(16)14-10-17(22)21-18-15(11-23-19(14)18)12-6-2-1-3-7-12/h1-9,11,14H,10H2,(H,21,22)/t14-/m0/s1. The molecule has 4 rings (SSSR count). The van der Waals surface area contributed by atoms with Crippen molar-refractivity contribution in [2.75, 3.05) is 5.32 Å². The summed E-state index contributed by atoms with van der Waals surface area (Å²) in [6, 6.07) is 18.4. The van der Waals surface area contributed by atoms with Crippen LogP contribution in [0, 0.1) is 0 Å². The zero-order chi connectivity index (χ0) is 15.8. The highest BCUT2D eigenvalue weighted by Crippen LogP contribution is 2.47. The maximum Gasteiger partial charge on any atom is 0.225 e. The van der Waals surface area contributed by atoms with E-state index in [1.807, 2.05) is 36.4 Å². The number of carbonyl (C=O) groups excluding carboxylic acids is 1. The molecular weight excluding hydrogens is 370 g/mol. The van der Waals surface area contributed by atoms with Gasteiger partial charge in [0.2, 0.25) is 5.91 Å². The fraction of sp³-hybridized carbons (Fsp3) is 0.105. The summed E-state index contributed by atoms with van der Waals surface area (Å²) in [7, 11) is 0. The summed E-state index contributed by atoms with van der Waals surface area (Å²) in [5.41, 5.74) is 4.39. The molecule has 1 aliphatic rings. The number of amides is 1. The Labute approximate surface area is 147 Å². The van der Waals surface area contributed by atoms with E-state index in [0.717, 1.165) is 21.3 Å². The smallest absolute Gasteiger partial charge is 0.225 e. The minimum absolute atomic E-state index is 0.0776. The van der Waals surface area contributed by atoms with Crippen molar-refractivity contribution in [2.45, 2.75) is 12.3 Å². The van der Waals surface area contributed by atoms with Crippen LogP contribution in [-0.4, -0.2) is 5.91 Å². The first-order valence-corrected chi connectivity index (χ1v) is 9.12. The number of fused-ring (bicyclic) bond motifs is 1. The van der Waals surface area contributed by atoms with E-state index in [1.54, 1.807) is 11.3 Å². The number of benzene rings is 2. The lowest BCUT2D eigenvalue weighted by atomic mass is 9.89. The highest BCUT2D eigenvalue weighted by Gasteiger charge is 2.31. The van der Waals surface area contributed by atoms with Gasteiger partial charge in [0.25, 0.3) is 0 Å². The first-order chi connectivity index (χ1) is 11.2. The summed E-state index contributed by atoms with van der Waals surface area (Å²) < 4.78 is 1.06. The monoisotopic (exact) mass is 383 g/mol. The van der Waals surface area contributed by atoms with Crippen LogP contribution in [0.25, 0.3) is 11.1 Å². The van der Waals surface area contributed by atoms with Gasteiger partial charge in [-0.05, 0) is 17.2 Å². The van der Waals surface area contributed by atoms with Gasteiger partial charge in [0.05, 0.1) is 5.69 Å². The lowest BCUT2D eigenvalue weighted by Crippen LogP contribution is -2.22. The van der Waals surface area contributed by atoms with Gasteiger partial charge >= 0.3 is 0 Å². The van der Waals surface area contributed by atoms with Gasteiger partial charge < -0.3 is 5.32 Å². The predicted octanol–water partition coefficient (Wildman–Crippen LogP) is 5.65. The zero-order valence-electron chi connectivity index (χ0n) is 12.3. The number of carbonyl (C=O) groups is 1. The van der Waals surface area contributed by atoms with Crippen LogP contribution in [0.1, 0.15) is 22.8 Å². The van der Waals surface area contributed by atoms with Crippen molar-refractivity contribution in [3.63, 3.8) is 0 Å². The van der Waals surface area contributed by atoms with Crippen molar-refractivity contribution in [3.8, 4) is 11.1 Å². The van der Waals surface area contributed by atoms with E-state index in [0.29, 0.717) is 6.42 Å². The molecule has 0 aliphatic carbocycles. The third-order valence-electron chi connectivity index (χ3n) is 4.16. The van der Waals surface area contributed by atoms with E-state index in [1.165, 1.54) is 10.4 Å². The summed E-state index contributed by atoms with van der Waals surface area (Å²) in [4.78, 5) is 13.5. The molecule has 0 unspecified atom stereocenters. The molecule has 3 aromatic rings. The van der Waals surface area contributed by atoms with Gasteiger partial charge in [0.1, 0.15) is 0 Å². The predicted molar refractivity (Wildman–Crippen MR) is 99.0 cm³/mol. The van der Waals surface area contributed by atoms with Crippen molar-refractivity contribution in [1.29, 1.82) is 0 Å². The molecule has 2 aromatic carbocycles. The molecule has 0 bridgehead atoms. The fourth-order valence-electron chi connectivity index (χ4n) is 3.07. The Bertz CT molecular complexity index is 872. The van der Waals surface area contributed by atoms with E-state index < -0.39 is 0 Å². The Kier molecular flexibility index (Phi) is 3.79. The molecule has 4 heteroatoms. The van der Waals surface area contributed by atoms with Crippen LogP contribution in [0.2, 0.25) is 0 Å². The summed E-state index contributed by atoms with van der Waals surface area (Å²) in [6.45, 7) is 0. The highest BCUT2D eigenvalue weighted by molar-refractivity contribution is 9.10. The van der Waals surface area contributed by atoms with Crippen molar-refractivity contribution in [3.05, 3.63) is 74.9 Å². The number of nitrogens with one attached hydrogen (secondary N) is 1. The number of rotatable bonds is 2. The van der Waals surface area contributed by atoms with E-state index in [-0.39, 0.29) is 11.8 Å². The average molecular weight is 384 g/mol. The molecule has 0 spiro atoms. The first kappa shape index (κ1) is 14.7. The van der Waals surface area contributed by atoms with Crippen molar-refractivity contribution in [2.24, 2.45) is 0 Å². The minimum Gasteiger partial charge on any atom is -0.325 e. The largest absolute Gasteiger partial charge is 0.325 e. The number of thiophene rings is 1. The highest BCUT2D eigenvalue weighted by atomic mass is 79.9. The molecule has 0 saturated heterocycles. The molecule has 1 aliphatic heterocycles. The molecule has 1 N–H and O–H groups in total. The van der Waals surface area contributed by atoms with E-state index in [2.05, 4.69) is 44.8 Å². The Morgan fingerprint density at radius 3 is 2.57 bits per heavy atom. The number of anilines is 1. The van der Waals surface area contributed by atoms with Gasteiger partial charge in [-0.15, -0.1) is 11.3 Å². The van der Waals surface area contributed by atoms with E-state index >= 15 is 0 Å². The van der Waals surface area contributed by atoms with Crippen LogP contribution in [0.15, 0.2) is 64.5 Å². The topological polar surface area (TPSA) is 29.1 Å². The number of halogens is 1. The fourth-order valence-corrected chi connectivity index (χ4v) is 4.78. The maximum absolute atomic E-state index is 12.3. The Morgan fingerprint density at radius 1 is 1.04 bits per heavy atom. The van der Waals surface area contributed by atoms with Gasteiger partial charge in [0, 0.05) is 32.6 Å². The molecule has 0 fully saturated rings. The third-order valence-corrected chi connectivity index (χ3v) is 5.97. The van der Waals surface area contributed by atoms with Crippen LogP contribution in [-0.2, 0) is 4.79 Å². The molecule has 2 nitrogen and oxygen atoms in total. The Morgan fingerprint density at radius 2 is 1.78 bits per heavy atom. The summed E-state index contributed by atoms with van der Waals surface area (Å²) in [5.74, 6) is 0.186. The second-order valence-corrected chi connectivity index (χ2v) is 7.35. The van der Waals surface area contributed by atoms with Crippen LogP contribution >= 0.6 is 27.3 Å². The summed E-state index contributed by atoms with van der Waals surface area (Å²) >= 11 is 5.35. The molecule has 1 amide bonds. The molecule has 114 valence electrons. The van der Waals surface area contributed by atoms with Crippen molar-refractivity contribution >= 4 is 38.9 Å². The molecule has 0 radical (unpaired) electrons. The third kappa shape index (κ3) is 2.62. The number of hydrogen-bond donors (Lipinski definition) is 1. The minimum atomic E-state index is 0.0776. The van der Waals surface area contributed by atoms with E-state index in [9.17, 15) is 4.79 Å². The van der Waals surface area contributed by atoms with Crippen LogP contribution in [0.3, 0.4) is 0 Å². The Hall–Kier alpha value is -1.91. The quantitative estimate of drug-likeness (QED) is 0.608. The second-order valence-electron chi connectivity index (χ2n) is 5.58. The summed E-state index contributed by atoms with van der Waals surface area (Å²) in [6.07, 6.45) is 0.490. The molecule has 23 heavy (non-hydrogen) atoms. The van der Waals surface area contributed by atoms with Crippen molar-refractivity contribution < 1.29 is 4.79 Å². The second kappa shape index (κ2) is 5.95. The lowest BCUT2D eigenvalue weighted by molar-refractivity contribution is -0.116. The average Bonchev–Trinajstić information content (AvgIpc) is 2.99. The van der Waals surface area contributed by atoms with Gasteiger partial charge in [-0.2, -0.15) is 0 Å². The zero-order valence-corrected chi connectivity index (χ0v) is 14.7. The van der Waals surface area contributed by atoms with Gasteiger partial charge in [-0.25, -0.2) is 0 Å². The summed E-state index contributed by atoms with van der Waals surface area (Å²) in [5, 5.41) is 5.23. The van der Waals surface area contributed by atoms with Gasteiger partial charge in [0.15, 0.2) is 0 Å². The first-order valence-electron chi connectivity index (χ1n) is 7.45. The Balaban J connectivity index is 1.85. The van der Waals surface area contributed by atoms with E-state index in [4.69, 9.17) is 0 Å². The van der Waals surface area contributed by atoms with Crippen LogP contribution in [0.5, 0.6) is 0 Å². The van der Waals surface area contributed by atoms with Gasteiger partial charge in [-0.3, -0.25) is 4.79 Å². The maximum atomic E-state index is 12.3. The molecular formula is C19H14BrNOS. The number of hydrogen-bond acceptors (Lipinski definition) is 2. The van der Waals surface area contributed by atoms with Crippen LogP contribution in [0.4, 0.5) is 5.69 Å². The van der Waals surface area contributed by atoms with Gasteiger partial charge in [-0.1, -0.05) is 64.5 Å². The normalized spacial score (nSPS) is 16.7. The SMILES string of the molecule is O=C1C[C@@H](c2ccccc2Br)c2scc(-c3ccccc3)c2N1. The molecule has 2 heterocycles. The van der Waals surface area contributed by atoms with Crippen molar-refractivity contribution in [1.82, 2.24) is 0 Å². The molecule has 0 saturated carbocycles. The molecule has 1 aromatic heterocycles. The van der Waals surface area contributed by atoms with Crippen LogP contribution < -0.4 is 5.32 Å².